The molecule has 1 aromatic heterocycles. The molecule has 0 unspecified atom stereocenters. The van der Waals surface area contributed by atoms with Crippen LogP contribution in [0.4, 0.5) is 11.5 Å². The highest BCUT2D eigenvalue weighted by Gasteiger charge is 2.44. The number of anilines is 2. The minimum atomic E-state index is -0.792. The van der Waals surface area contributed by atoms with Crippen LogP contribution in [0.1, 0.15) is 56.0 Å². The van der Waals surface area contributed by atoms with Crippen LogP contribution in [0.3, 0.4) is 0 Å². The van der Waals surface area contributed by atoms with E-state index in [0.717, 1.165) is 46.7 Å². The second-order valence-electron chi connectivity index (χ2n) is 13.2. The number of hydrogen-bond acceptors (Lipinski definition) is 6. The van der Waals surface area contributed by atoms with E-state index in [1.54, 1.807) is 0 Å². The second kappa shape index (κ2) is 13.9. The number of nitrogens with one attached hydrogen (secondary N) is 3. The molecular weight excluding hydrogens is 560 g/mol. The van der Waals surface area contributed by atoms with Gasteiger partial charge in [0.2, 0.25) is 5.91 Å². The topological polar surface area (TPSA) is 95.5 Å². The fourth-order valence-corrected chi connectivity index (χ4v) is 5.74. The standard InChI is InChI=1S/C38H46N4O3/c1-26-20-29(28-10-7-6-8-11-28)22-35(40-26)41-32-16-14-27(15-17-32)21-33(42-36(44)25-45-5)34(43)24-39-38(18-19-38)31-13-9-12-30(23-31)37(2,3)4/h6-17,20,22-23,33-34,39,43H,18-19,21,24-25H2,1-5H3,(H,40,41)(H,42,44)/t33-,34-/m0/s1. The van der Waals surface area contributed by atoms with Crippen molar-refractivity contribution in [1.82, 2.24) is 15.6 Å². The average molecular weight is 607 g/mol. The molecule has 0 bridgehead atoms. The number of aryl methyl sites for hydroxylation is 1. The summed E-state index contributed by atoms with van der Waals surface area (Å²) < 4.78 is 5.05. The van der Waals surface area contributed by atoms with Crippen LogP contribution in [0.2, 0.25) is 0 Å². The number of aliphatic hydroxyl groups is 1. The largest absolute Gasteiger partial charge is 0.390 e. The quantitative estimate of drug-likeness (QED) is 0.141. The molecule has 1 aliphatic carbocycles. The Morgan fingerprint density at radius 1 is 0.956 bits per heavy atom. The first-order valence-corrected chi connectivity index (χ1v) is 15.8. The van der Waals surface area contributed by atoms with Gasteiger partial charge >= 0.3 is 0 Å². The van der Waals surface area contributed by atoms with Crippen LogP contribution in [0, 0.1) is 6.92 Å². The van der Waals surface area contributed by atoms with Gasteiger partial charge in [0.05, 0.1) is 12.1 Å². The average Bonchev–Trinajstić information content (AvgIpc) is 3.82. The summed E-state index contributed by atoms with van der Waals surface area (Å²) >= 11 is 0. The predicted molar refractivity (Wildman–Crippen MR) is 182 cm³/mol. The molecule has 1 fully saturated rings. The number of methoxy groups -OCH3 is 1. The van der Waals surface area contributed by atoms with Crippen molar-refractivity contribution in [1.29, 1.82) is 0 Å². The summed E-state index contributed by atoms with van der Waals surface area (Å²) in [5, 5.41) is 21.4. The molecule has 1 saturated carbocycles. The van der Waals surface area contributed by atoms with Crippen LogP contribution in [0.25, 0.3) is 11.1 Å². The number of hydrogen-bond donors (Lipinski definition) is 4. The lowest BCUT2D eigenvalue weighted by Gasteiger charge is -2.28. The van der Waals surface area contributed by atoms with E-state index in [4.69, 9.17) is 4.74 Å². The smallest absolute Gasteiger partial charge is 0.246 e. The lowest BCUT2D eigenvalue weighted by molar-refractivity contribution is -0.126. The van der Waals surface area contributed by atoms with Gasteiger partial charge in [-0.2, -0.15) is 0 Å². The molecule has 5 rings (SSSR count). The predicted octanol–water partition coefficient (Wildman–Crippen LogP) is 6.41. The number of benzene rings is 3. The summed E-state index contributed by atoms with van der Waals surface area (Å²) in [6, 6.07) is 30.7. The van der Waals surface area contributed by atoms with Gasteiger partial charge in [-0.05, 0) is 83.7 Å². The third kappa shape index (κ3) is 8.57. The molecule has 0 aliphatic heterocycles. The van der Waals surface area contributed by atoms with Gasteiger partial charge in [-0.15, -0.1) is 0 Å². The first kappa shape index (κ1) is 32.4. The van der Waals surface area contributed by atoms with E-state index in [0.29, 0.717) is 13.0 Å². The third-order valence-electron chi connectivity index (χ3n) is 8.51. The number of pyridine rings is 1. The molecule has 3 aromatic carbocycles. The minimum Gasteiger partial charge on any atom is -0.390 e. The summed E-state index contributed by atoms with van der Waals surface area (Å²) in [5.41, 5.74) is 7.57. The Balaban J connectivity index is 1.25. The maximum absolute atomic E-state index is 12.5. The van der Waals surface area contributed by atoms with Crippen LogP contribution in [0.15, 0.2) is 91.0 Å². The number of ether oxygens (including phenoxy) is 1. The molecule has 4 N–H and O–H groups in total. The van der Waals surface area contributed by atoms with Crippen molar-refractivity contribution in [2.45, 2.75) is 70.1 Å². The van der Waals surface area contributed by atoms with E-state index in [-0.39, 0.29) is 23.5 Å². The molecule has 7 heteroatoms. The van der Waals surface area contributed by atoms with Crippen molar-refractivity contribution in [2.24, 2.45) is 0 Å². The van der Waals surface area contributed by atoms with Gasteiger partial charge in [-0.1, -0.05) is 87.5 Å². The lowest BCUT2D eigenvalue weighted by atomic mass is 9.85. The Labute approximate surface area is 267 Å². The SMILES string of the molecule is COCC(=O)N[C@@H](Cc1ccc(Nc2cc(-c3ccccc3)cc(C)n2)cc1)[C@@H](O)CNC1(c2cccc(C(C)(C)C)c2)CC1. The number of aromatic nitrogens is 1. The Morgan fingerprint density at radius 3 is 2.36 bits per heavy atom. The van der Waals surface area contributed by atoms with Gasteiger partial charge in [0, 0.05) is 30.6 Å². The van der Waals surface area contributed by atoms with Gasteiger partial charge < -0.3 is 25.8 Å². The van der Waals surface area contributed by atoms with Crippen molar-refractivity contribution in [2.75, 3.05) is 25.6 Å². The zero-order valence-corrected chi connectivity index (χ0v) is 27.1. The molecule has 45 heavy (non-hydrogen) atoms. The van der Waals surface area contributed by atoms with Crippen LogP contribution in [-0.4, -0.2) is 48.4 Å². The maximum Gasteiger partial charge on any atom is 0.246 e. The molecule has 4 aromatic rings. The van der Waals surface area contributed by atoms with Crippen molar-refractivity contribution in [3.63, 3.8) is 0 Å². The Hall–Kier alpha value is -4.04. The molecule has 0 spiro atoms. The van der Waals surface area contributed by atoms with Crippen molar-refractivity contribution in [3.05, 3.63) is 113 Å². The number of aliphatic hydroxyl groups excluding tert-OH is 1. The maximum atomic E-state index is 12.5. The summed E-state index contributed by atoms with van der Waals surface area (Å²) in [7, 11) is 1.49. The zero-order chi connectivity index (χ0) is 32.0. The van der Waals surface area contributed by atoms with Crippen LogP contribution < -0.4 is 16.0 Å². The first-order valence-electron chi connectivity index (χ1n) is 15.8. The molecule has 236 valence electrons. The van der Waals surface area contributed by atoms with Crippen LogP contribution >= 0.6 is 0 Å². The van der Waals surface area contributed by atoms with E-state index in [1.165, 1.54) is 18.2 Å². The fraction of sp³-hybridized carbons (Fsp3) is 0.368. The Kier molecular flexibility index (Phi) is 10.0. The number of carbonyl (C=O) groups is 1. The molecule has 0 saturated heterocycles. The van der Waals surface area contributed by atoms with Crippen molar-refractivity contribution < 1.29 is 14.6 Å². The summed E-state index contributed by atoms with van der Waals surface area (Å²) in [6.45, 7) is 8.96. The summed E-state index contributed by atoms with van der Waals surface area (Å²) in [4.78, 5) is 17.2. The van der Waals surface area contributed by atoms with E-state index in [2.05, 4.69) is 84.2 Å². The highest BCUT2D eigenvalue weighted by Crippen LogP contribution is 2.46. The van der Waals surface area contributed by atoms with E-state index in [1.807, 2.05) is 55.5 Å². The van der Waals surface area contributed by atoms with Gasteiger partial charge in [0.15, 0.2) is 0 Å². The number of rotatable bonds is 13. The monoisotopic (exact) mass is 606 g/mol. The number of nitrogens with zero attached hydrogens (tertiary/aromatic N) is 1. The van der Waals surface area contributed by atoms with E-state index in [9.17, 15) is 9.90 Å². The fourth-order valence-electron chi connectivity index (χ4n) is 5.74. The molecule has 1 heterocycles. The molecule has 0 radical (unpaired) electrons. The third-order valence-corrected chi connectivity index (χ3v) is 8.51. The summed E-state index contributed by atoms with van der Waals surface area (Å²) in [6.07, 6.45) is 1.72. The Bertz CT molecular complexity index is 1580. The van der Waals surface area contributed by atoms with Crippen molar-refractivity contribution >= 4 is 17.4 Å². The minimum absolute atomic E-state index is 0.0580. The summed E-state index contributed by atoms with van der Waals surface area (Å²) in [5.74, 6) is 0.522. The normalized spacial score (nSPS) is 15.2. The van der Waals surface area contributed by atoms with Crippen LogP contribution in [-0.2, 0) is 26.9 Å². The second-order valence-corrected chi connectivity index (χ2v) is 13.2. The van der Waals surface area contributed by atoms with Crippen molar-refractivity contribution in [3.8, 4) is 11.1 Å². The molecule has 1 aliphatic rings. The molecule has 2 atom stereocenters. The molecule has 1 amide bonds. The molecule has 7 nitrogen and oxygen atoms in total. The highest BCUT2D eigenvalue weighted by atomic mass is 16.5. The van der Waals surface area contributed by atoms with E-state index >= 15 is 0 Å². The lowest BCUT2D eigenvalue weighted by Crippen LogP contribution is -2.50. The number of amides is 1. The van der Waals surface area contributed by atoms with Gasteiger partial charge in [-0.3, -0.25) is 4.79 Å². The molecular formula is C38H46N4O3. The Morgan fingerprint density at radius 2 is 1.69 bits per heavy atom. The highest BCUT2D eigenvalue weighted by molar-refractivity contribution is 5.77. The van der Waals surface area contributed by atoms with Gasteiger partial charge in [0.1, 0.15) is 12.4 Å². The first-order chi connectivity index (χ1) is 21.5. The van der Waals surface area contributed by atoms with Gasteiger partial charge in [0.25, 0.3) is 0 Å². The van der Waals surface area contributed by atoms with Gasteiger partial charge in [-0.25, -0.2) is 4.98 Å². The zero-order valence-electron chi connectivity index (χ0n) is 27.1. The van der Waals surface area contributed by atoms with Crippen LogP contribution in [0.5, 0.6) is 0 Å². The van der Waals surface area contributed by atoms with E-state index < -0.39 is 12.1 Å². The number of carbonyl (C=O) groups excluding carboxylic acids is 1.